The van der Waals surface area contributed by atoms with Crippen molar-refractivity contribution in [2.24, 2.45) is 7.05 Å². The van der Waals surface area contributed by atoms with Gasteiger partial charge in [-0.2, -0.15) is 5.10 Å². The molecule has 3 rings (SSSR count). The second-order valence-corrected chi connectivity index (χ2v) is 5.70. The van der Waals surface area contributed by atoms with Gasteiger partial charge in [-0.15, -0.1) is 0 Å². The van der Waals surface area contributed by atoms with Crippen molar-refractivity contribution >= 4 is 23.0 Å². The van der Waals surface area contributed by atoms with Crippen LogP contribution in [0, 0.1) is 5.82 Å². The van der Waals surface area contributed by atoms with Gasteiger partial charge < -0.3 is 10.2 Å². The first-order chi connectivity index (χ1) is 10.1. The van der Waals surface area contributed by atoms with Crippen LogP contribution in [-0.4, -0.2) is 20.9 Å². The normalized spacial score (nSPS) is 14.0. The summed E-state index contributed by atoms with van der Waals surface area (Å²) in [5.74, 6) is -0.249. The zero-order valence-electron chi connectivity index (χ0n) is 11.8. The molecule has 1 heterocycles. The summed E-state index contributed by atoms with van der Waals surface area (Å²) in [5, 5.41) is 8.18. The second-order valence-electron chi connectivity index (χ2n) is 5.31. The summed E-state index contributed by atoms with van der Waals surface area (Å²) in [7, 11) is 1.88. The number of hydrogen-bond donors (Lipinski definition) is 1. The lowest BCUT2D eigenvalue weighted by molar-refractivity contribution is 0.628. The maximum atomic E-state index is 13.1. The Balaban J connectivity index is 1.82. The van der Waals surface area contributed by atoms with E-state index in [2.05, 4.69) is 10.4 Å². The van der Waals surface area contributed by atoms with Gasteiger partial charge in [-0.1, -0.05) is 0 Å². The number of benzene rings is 1. The number of rotatable bonds is 4. The summed E-state index contributed by atoms with van der Waals surface area (Å²) in [6, 6.07) is 6.87. The molecule has 21 heavy (non-hydrogen) atoms. The maximum absolute atomic E-state index is 13.1. The van der Waals surface area contributed by atoms with Crippen LogP contribution in [0.5, 0.6) is 0 Å². The molecule has 1 aliphatic rings. The number of nitrogens with zero attached hydrogens (tertiary/aromatic N) is 3. The van der Waals surface area contributed by atoms with Crippen LogP contribution in [0.15, 0.2) is 36.7 Å². The lowest BCUT2D eigenvalue weighted by atomic mass is 10.2. The fraction of sp³-hybridized carbons (Fsp3) is 0.333. The SMILES string of the molecule is Cn1cc(CN(C(=S)NC2CC2)c2ccc(F)cc2)cn1. The van der Waals surface area contributed by atoms with Crippen LogP contribution in [0.3, 0.4) is 0 Å². The molecule has 0 atom stereocenters. The lowest BCUT2D eigenvalue weighted by Crippen LogP contribution is -2.40. The average Bonchev–Trinajstić information content (AvgIpc) is 3.18. The summed E-state index contributed by atoms with van der Waals surface area (Å²) in [6.45, 7) is 0.609. The van der Waals surface area contributed by atoms with E-state index in [1.165, 1.54) is 12.1 Å². The van der Waals surface area contributed by atoms with Gasteiger partial charge in [0.2, 0.25) is 0 Å². The Morgan fingerprint density at radius 3 is 2.71 bits per heavy atom. The molecule has 0 unspecified atom stereocenters. The third-order valence-electron chi connectivity index (χ3n) is 3.39. The van der Waals surface area contributed by atoms with E-state index in [9.17, 15) is 4.39 Å². The van der Waals surface area contributed by atoms with Gasteiger partial charge in [0, 0.05) is 30.5 Å². The Kier molecular flexibility index (Phi) is 3.88. The van der Waals surface area contributed by atoms with Gasteiger partial charge >= 0.3 is 0 Å². The highest BCUT2D eigenvalue weighted by molar-refractivity contribution is 7.80. The van der Waals surface area contributed by atoms with E-state index in [4.69, 9.17) is 12.2 Å². The van der Waals surface area contributed by atoms with E-state index in [0.29, 0.717) is 17.7 Å². The lowest BCUT2D eigenvalue weighted by Gasteiger charge is -2.25. The molecule has 1 aromatic heterocycles. The van der Waals surface area contributed by atoms with Crippen molar-refractivity contribution in [2.45, 2.75) is 25.4 Å². The van der Waals surface area contributed by atoms with Crippen LogP contribution in [-0.2, 0) is 13.6 Å². The van der Waals surface area contributed by atoms with Crippen LogP contribution < -0.4 is 10.2 Å². The zero-order chi connectivity index (χ0) is 14.8. The fourth-order valence-corrected chi connectivity index (χ4v) is 2.45. The molecule has 4 nitrogen and oxygen atoms in total. The van der Waals surface area contributed by atoms with Crippen LogP contribution in [0.1, 0.15) is 18.4 Å². The number of halogens is 1. The monoisotopic (exact) mass is 304 g/mol. The smallest absolute Gasteiger partial charge is 0.173 e. The molecule has 1 N–H and O–H groups in total. The van der Waals surface area contributed by atoms with Crippen LogP contribution >= 0.6 is 12.2 Å². The third-order valence-corrected chi connectivity index (χ3v) is 3.73. The number of thiocarbonyl (C=S) groups is 1. The van der Waals surface area contributed by atoms with Gasteiger partial charge in [0.25, 0.3) is 0 Å². The molecule has 0 amide bonds. The highest BCUT2D eigenvalue weighted by Gasteiger charge is 2.24. The summed E-state index contributed by atoms with van der Waals surface area (Å²) in [6.07, 6.45) is 6.08. The van der Waals surface area contributed by atoms with Crippen LogP contribution in [0.25, 0.3) is 0 Å². The van der Waals surface area contributed by atoms with Crippen molar-refractivity contribution in [3.8, 4) is 0 Å². The Morgan fingerprint density at radius 1 is 1.43 bits per heavy atom. The molecule has 1 fully saturated rings. The van der Waals surface area contributed by atoms with Crippen molar-refractivity contribution in [3.05, 3.63) is 48.0 Å². The van der Waals surface area contributed by atoms with Gasteiger partial charge in [0.05, 0.1) is 12.7 Å². The van der Waals surface area contributed by atoms with Crippen LogP contribution in [0.2, 0.25) is 0 Å². The fourth-order valence-electron chi connectivity index (χ4n) is 2.12. The maximum Gasteiger partial charge on any atom is 0.173 e. The Hall–Kier alpha value is -1.95. The van der Waals surface area contributed by atoms with Crippen molar-refractivity contribution in [3.63, 3.8) is 0 Å². The number of aryl methyl sites for hydroxylation is 1. The molecular formula is C15H17FN4S. The molecule has 0 aliphatic heterocycles. The molecule has 110 valence electrons. The predicted molar refractivity (Wildman–Crippen MR) is 84.5 cm³/mol. The van der Waals surface area contributed by atoms with E-state index < -0.39 is 0 Å². The van der Waals surface area contributed by atoms with Crippen molar-refractivity contribution in [2.75, 3.05) is 4.90 Å². The van der Waals surface area contributed by atoms with Gasteiger partial charge in [-0.25, -0.2) is 4.39 Å². The summed E-state index contributed by atoms with van der Waals surface area (Å²) in [4.78, 5) is 1.98. The molecule has 1 aliphatic carbocycles. The zero-order valence-corrected chi connectivity index (χ0v) is 12.6. The third kappa shape index (κ3) is 3.58. The van der Waals surface area contributed by atoms with E-state index in [1.807, 2.05) is 24.3 Å². The van der Waals surface area contributed by atoms with E-state index in [1.54, 1.807) is 16.8 Å². The topological polar surface area (TPSA) is 33.1 Å². The molecule has 1 saturated carbocycles. The van der Waals surface area contributed by atoms with Crippen LogP contribution in [0.4, 0.5) is 10.1 Å². The molecule has 2 aromatic rings. The minimum atomic E-state index is -0.249. The van der Waals surface area contributed by atoms with Crippen molar-refractivity contribution in [1.29, 1.82) is 0 Å². The summed E-state index contributed by atoms with van der Waals surface area (Å²) >= 11 is 5.51. The van der Waals surface area contributed by atoms with Gasteiger partial charge in [0.15, 0.2) is 5.11 Å². The average molecular weight is 304 g/mol. The largest absolute Gasteiger partial charge is 0.360 e. The highest BCUT2D eigenvalue weighted by Crippen LogP contribution is 2.22. The standard InChI is InChI=1S/C15H17FN4S/c1-19-9-11(8-17-19)10-20(15(21)18-13-4-5-13)14-6-2-12(16)3-7-14/h2-3,6-9,13H,4-5,10H2,1H3,(H,18,21). The molecule has 0 saturated heterocycles. The molecule has 6 heteroatoms. The minimum absolute atomic E-state index is 0.249. The Labute approximate surface area is 128 Å². The summed E-state index contributed by atoms with van der Waals surface area (Å²) < 4.78 is 14.9. The Bertz CT molecular complexity index is 633. The molecule has 0 radical (unpaired) electrons. The first-order valence-corrected chi connectivity index (χ1v) is 7.34. The highest BCUT2D eigenvalue weighted by atomic mass is 32.1. The van der Waals surface area contributed by atoms with E-state index in [0.717, 1.165) is 24.1 Å². The Morgan fingerprint density at radius 2 is 2.14 bits per heavy atom. The number of nitrogens with one attached hydrogen (secondary N) is 1. The second kappa shape index (κ2) is 5.81. The van der Waals surface area contributed by atoms with E-state index in [-0.39, 0.29) is 5.82 Å². The first kappa shape index (κ1) is 14.0. The van der Waals surface area contributed by atoms with E-state index >= 15 is 0 Å². The van der Waals surface area contributed by atoms with Crippen molar-refractivity contribution in [1.82, 2.24) is 15.1 Å². The number of aromatic nitrogens is 2. The van der Waals surface area contributed by atoms with Gasteiger partial charge in [-0.05, 0) is 49.3 Å². The van der Waals surface area contributed by atoms with Gasteiger partial charge in [-0.3, -0.25) is 4.68 Å². The first-order valence-electron chi connectivity index (χ1n) is 6.93. The molecular weight excluding hydrogens is 287 g/mol. The number of hydrogen-bond acceptors (Lipinski definition) is 2. The molecule has 1 aromatic carbocycles. The molecule has 0 spiro atoms. The van der Waals surface area contributed by atoms with Crippen molar-refractivity contribution < 1.29 is 4.39 Å². The van der Waals surface area contributed by atoms with Gasteiger partial charge in [0.1, 0.15) is 5.82 Å². The predicted octanol–water partition coefficient (Wildman–Crippen LogP) is 2.60. The minimum Gasteiger partial charge on any atom is -0.360 e. The quantitative estimate of drug-likeness (QED) is 0.880. The molecule has 0 bridgehead atoms. The number of anilines is 1. The summed E-state index contributed by atoms with van der Waals surface area (Å²) in [5.41, 5.74) is 1.93.